The lowest BCUT2D eigenvalue weighted by Crippen LogP contribution is -1.92. The third-order valence-electron chi connectivity index (χ3n) is 2.95. The van der Waals surface area contributed by atoms with Crippen molar-refractivity contribution >= 4 is 45.6 Å². The maximum Gasteiger partial charge on any atom is 0.239 e. The highest BCUT2D eigenvalue weighted by molar-refractivity contribution is 6.36. The van der Waals surface area contributed by atoms with Gasteiger partial charge in [-0.3, -0.25) is 0 Å². The van der Waals surface area contributed by atoms with E-state index in [0.717, 1.165) is 0 Å². The number of hydrogen-bond donors (Lipinski definition) is 1. The van der Waals surface area contributed by atoms with Gasteiger partial charge in [0.1, 0.15) is 17.2 Å². The molecule has 0 unspecified atom stereocenters. The fraction of sp³-hybridized carbons (Fsp3) is 0. The molecule has 2 aromatic carbocycles. The van der Waals surface area contributed by atoms with Crippen LogP contribution >= 0.6 is 23.2 Å². The van der Waals surface area contributed by atoms with Crippen LogP contribution in [0, 0.1) is 11.3 Å². The van der Waals surface area contributed by atoms with Crippen molar-refractivity contribution in [3.05, 3.63) is 64.6 Å². The molecule has 0 saturated heterocycles. The van der Waals surface area contributed by atoms with Gasteiger partial charge in [-0.2, -0.15) is 5.26 Å². The maximum atomic E-state index is 9.28. The van der Waals surface area contributed by atoms with Crippen molar-refractivity contribution in [2.45, 2.75) is 0 Å². The second kappa shape index (κ2) is 6.10. The smallest absolute Gasteiger partial charge is 0.239 e. The van der Waals surface area contributed by atoms with Gasteiger partial charge in [0.2, 0.25) is 5.89 Å². The summed E-state index contributed by atoms with van der Waals surface area (Å²) in [7, 11) is 0. The minimum absolute atomic E-state index is 0.251. The van der Waals surface area contributed by atoms with Crippen molar-refractivity contribution in [1.82, 2.24) is 4.98 Å². The number of anilines is 1. The predicted molar refractivity (Wildman–Crippen MR) is 87.7 cm³/mol. The Morgan fingerprint density at radius 3 is 2.77 bits per heavy atom. The van der Waals surface area contributed by atoms with Gasteiger partial charge in [0, 0.05) is 11.2 Å². The quantitative estimate of drug-likeness (QED) is 0.678. The summed E-state index contributed by atoms with van der Waals surface area (Å²) in [6.45, 7) is 0. The Labute approximate surface area is 136 Å². The topological polar surface area (TPSA) is 61.9 Å². The number of para-hydroxylation sites is 2. The van der Waals surface area contributed by atoms with E-state index in [2.05, 4.69) is 16.4 Å². The zero-order valence-corrected chi connectivity index (χ0v) is 12.7. The molecule has 1 heterocycles. The molecule has 0 aliphatic rings. The Morgan fingerprint density at radius 1 is 1.23 bits per heavy atom. The van der Waals surface area contributed by atoms with E-state index in [1.54, 1.807) is 24.3 Å². The van der Waals surface area contributed by atoms with Crippen molar-refractivity contribution in [2.24, 2.45) is 0 Å². The SMILES string of the molecule is N#C/C(=C\Nc1ccc(Cl)cc1Cl)c1nc2ccccc2o1. The highest BCUT2D eigenvalue weighted by atomic mass is 35.5. The minimum atomic E-state index is 0.251. The summed E-state index contributed by atoms with van der Waals surface area (Å²) in [4.78, 5) is 4.28. The fourth-order valence-electron chi connectivity index (χ4n) is 1.89. The molecule has 0 bridgehead atoms. The van der Waals surface area contributed by atoms with Crippen LogP contribution in [0.4, 0.5) is 5.69 Å². The van der Waals surface area contributed by atoms with Gasteiger partial charge in [0.05, 0.1) is 10.7 Å². The number of aromatic nitrogens is 1. The number of hydrogen-bond acceptors (Lipinski definition) is 4. The van der Waals surface area contributed by atoms with E-state index in [4.69, 9.17) is 27.6 Å². The van der Waals surface area contributed by atoms with Gasteiger partial charge in [0.25, 0.3) is 0 Å². The molecule has 0 aliphatic carbocycles. The number of halogens is 2. The molecule has 108 valence electrons. The number of benzene rings is 2. The van der Waals surface area contributed by atoms with Crippen LogP contribution in [0.3, 0.4) is 0 Å². The summed E-state index contributed by atoms with van der Waals surface area (Å²) in [5.41, 5.74) is 2.23. The first-order valence-electron chi connectivity index (χ1n) is 6.35. The summed E-state index contributed by atoms with van der Waals surface area (Å²) in [5.74, 6) is 0.251. The van der Waals surface area contributed by atoms with Crippen LogP contribution in [0.1, 0.15) is 5.89 Å². The number of nitriles is 1. The second-order valence-corrected chi connectivity index (χ2v) is 5.27. The molecule has 6 heteroatoms. The van der Waals surface area contributed by atoms with E-state index in [1.807, 2.05) is 18.2 Å². The largest absolute Gasteiger partial charge is 0.435 e. The van der Waals surface area contributed by atoms with Crippen molar-refractivity contribution in [2.75, 3.05) is 5.32 Å². The van der Waals surface area contributed by atoms with E-state index in [9.17, 15) is 5.26 Å². The number of allylic oxidation sites excluding steroid dienone is 1. The number of nitrogens with zero attached hydrogens (tertiary/aromatic N) is 2. The van der Waals surface area contributed by atoms with Gasteiger partial charge in [0.15, 0.2) is 5.58 Å². The molecule has 0 atom stereocenters. The van der Waals surface area contributed by atoms with Crippen LogP contribution in [-0.2, 0) is 0 Å². The predicted octanol–water partition coefficient (Wildman–Crippen LogP) is 5.11. The van der Waals surface area contributed by atoms with E-state index in [1.165, 1.54) is 6.20 Å². The number of fused-ring (bicyclic) bond motifs is 1. The highest BCUT2D eigenvalue weighted by Gasteiger charge is 2.10. The van der Waals surface area contributed by atoms with Crippen LogP contribution < -0.4 is 5.32 Å². The van der Waals surface area contributed by atoms with Gasteiger partial charge in [-0.1, -0.05) is 35.3 Å². The molecule has 0 radical (unpaired) electrons. The van der Waals surface area contributed by atoms with E-state index in [0.29, 0.717) is 26.8 Å². The lowest BCUT2D eigenvalue weighted by atomic mass is 10.3. The van der Waals surface area contributed by atoms with Crippen LogP contribution in [0.25, 0.3) is 16.7 Å². The molecule has 0 fully saturated rings. The second-order valence-electron chi connectivity index (χ2n) is 4.43. The summed E-state index contributed by atoms with van der Waals surface area (Å²) >= 11 is 11.9. The number of nitrogens with one attached hydrogen (secondary N) is 1. The van der Waals surface area contributed by atoms with Gasteiger partial charge in [-0.05, 0) is 30.3 Å². The summed E-state index contributed by atoms with van der Waals surface area (Å²) in [6.07, 6.45) is 1.50. The first-order valence-corrected chi connectivity index (χ1v) is 7.11. The monoisotopic (exact) mass is 329 g/mol. The molecule has 4 nitrogen and oxygen atoms in total. The zero-order valence-electron chi connectivity index (χ0n) is 11.2. The normalized spacial score (nSPS) is 11.4. The highest BCUT2D eigenvalue weighted by Crippen LogP contribution is 2.26. The Bertz CT molecular complexity index is 876. The van der Waals surface area contributed by atoms with Crippen molar-refractivity contribution in [1.29, 1.82) is 5.26 Å². The number of oxazole rings is 1. The summed E-state index contributed by atoms with van der Waals surface area (Å²) < 4.78 is 5.56. The summed E-state index contributed by atoms with van der Waals surface area (Å²) in [6, 6.07) is 14.4. The van der Waals surface area contributed by atoms with Gasteiger partial charge >= 0.3 is 0 Å². The Kier molecular flexibility index (Phi) is 4.01. The summed E-state index contributed by atoms with van der Waals surface area (Å²) in [5, 5.41) is 13.2. The molecule has 3 aromatic rings. The average Bonchev–Trinajstić information content (AvgIpc) is 2.93. The lowest BCUT2D eigenvalue weighted by Gasteiger charge is -2.04. The standard InChI is InChI=1S/C16H9Cl2N3O/c17-11-5-6-13(12(18)7-11)20-9-10(8-19)16-21-14-3-1-2-4-15(14)22-16/h1-7,9,20H/b10-9+. The van der Waals surface area contributed by atoms with Crippen LogP contribution in [0.15, 0.2) is 53.1 Å². The van der Waals surface area contributed by atoms with Gasteiger partial charge in [-0.15, -0.1) is 0 Å². The Morgan fingerprint density at radius 2 is 2.05 bits per heavy atom. The molecule has 0 spiro atoms. The molecule has 22 heavy (non-hydrogen) atoms. The third-order valence-corrected chi connectivity index (χ3v) is 3.50. The third kappa shape index (κ3) is 2.91. The van der Waals surface area contributed by atoms with Crippen LogP contribution in [-0.4, -0.2) is 4.98 Å². The Balaban J connectivity index is 1.91. The molecule has 0 aliphatic heterocycles. The molecule has 0 saturated carbocycles. The molecule has 3 rings (SSSR count). The molecule has 1 aromatic heterocycles. The molecular weight excluding hydrogens is 321 g/mol. The van der Waals surface area contributed by atoms with E-state index >= 15 is 0 Å². The van der Waals surface area contributed by atoms with Crippen LogP contribution in [0.2, 0.25) is 10.0 Å². The zero-order chi connectivity index (χ0) is 15.5. The number of rotatable bonds is 3. The van der Waals surface area contributed by atoms with Crippen molar-refractivity contribution < 1.29 is 4.42 Å². The molecular formula is C16H9Cl2N3O. The minimum Gasteiger partial charge on any atom is -0.435 e. The van der Waals surface area contributed by atoms with Gasteiger partial charge < -0.3 is 9.73 Å². The maximum absolute atomic E-state index is 9.28. The first kappa shape index (κ1) is 14.5. The van der Waals surface area contributed by atoms with Crippen molar-refractivity contribution in [3.63, 3.8) is 0 Å². The molecule has 1 N–H and O–H groups in total. The lowest BCUT2D eigenvalue weighted by molar-refractivity contribution is 0.586. The van der Waals surface area contributed by atoms with Crippen LogP contribution in [0.5, 0.6) is 0 Å². The fourth-order valence-corrected chi connectivity index (χ4v) is 2.35. The Hall–Kier alpha value is -2.48. The average molecular weight is 330 g/mol. The van der Waals surface area contributed by atoms with E-state index in [-0.39, 0.29) is 11.5 Å². The van der Waals surface area contributed by atoms with E-state index < -0.39 is 0 Å². The first-order chi connectivity index (χ1) is 10.7. The molecule has 0 amide bonds. The van der Waals surface area contributed by atoms with Gasteiger partial charge in [-0.25, -0.2) is 4.98 Å². The van der Waals surface area contributed by atoms with Crippen molar-refractivity contribution in [3.8, 4) is 6.07 Å².